The van der Waals surface area contributed by atoms with E-state index in [1.54, 1.807) is 6.20 Å². The van der Waals surface area contributed by atoms with E-state index in [0.717, 1.165) is 31.4 Å². The van der Waals surface area contributed by atoms with E-state index < -0.39 is 5.60 Å². The predicted octanol–water partition coefficient (Wildman–Crippen LogP) is 4.99. The minimum absolute atomic E-state index is 0.0129. The van der Waals surface area contributed by atoms with Crippen LogP contribution in [0.25, 0.3) is 0 Å². The molecule has 0 bridgehead atoms. The molecule has 1 aromatic heterocycles. The highest BCUT2D eigenvalue weighted by Crippen LogP contribution is 2.38. The Hall–Kier alpha value is -1.09. The highest BCUT2D eigenvalue weighted by atomic mass is 35.5. The number of rotatable bonds is 2. The van der Waals surface area contributed by atoms with Crippen LogP contribution in [0.3, 0.4) is 0 Å². The number of hydrogen-bond donors (Lipinski definition) is 0. The van der Waals surface area contributed by atoms with E-state index in [2.05, 4.69) is 11.9 Å². The van der Waals surface area contributed by atoms with E-state index in [-0.39, 0.29) is 11.9 Å². The summed E-state index contributed by atoms with van der Waals surface area (Å²) in [5.74, 6) is 0.870. The summed E-state index contributed by atoms with van der Waals surface area (Å²) in [6, 6.07) is 3.91. The van der Waals surface area contributed by atoms with E-state index >= 15 is 0 Å². The Balaban J connectivity index is 2.04. The third kappa shape index (κ3) is 4.70. The number of pyridine rings is 1. The summed E-state index contributed by atoms with van der Waals surface area (Å²) in [6.45, 7) is 8.01. The van der Waals surface area contributed by atoms with E-state index in [1.165, 1.54) is 0 Å². The van der Waals surface area contributed by atoms with Gasteiger partial charge in [0.1, 0.15) is 5.60 Å². The zero-order valence-corrected chi connectivity index (χ0v) is 14.7. The summed E-state index contributed by atoms with van der Waals surface area (Å²) >= 11 is 5.92. The molecule has 122 valence electrons. The molecule has 4 heteroatoms. The SMILES string of the molecule is C[C@@H]1CC[C@H](C(=O)OC(C)(C)C)CC[C@H]1c1ccc(Cl)cn1. The van der Waals surface area contributed by atoms with E-state index in [1.807, 2.05) is 32.9 Å². The molecular formula is C18H26ClNO2. The zero-order valence-electron chi connectivity index (χ0n) is 13.9. The van der Waals surface area contributed by atoms with Gasteiger partial charge in [0.15, 0.2) is 0 Å². The molecule has 1 aromatic rings. The lowest BCUT2D eigenvalue weighted by atomic mass is 9.86. The van der Waals surface area contributed by atoms with Crippen LogP contribution in [0.5, 0.6) is 0 Å². The second-order valence-electron chi connectivity index (χ2n) is 7.37. The first-order valence-corrected chi connectivity index (χ1v) is 8.48. The van der Waals surface area contributed by atoms with Crippen LogP contribution >= 0.6 is 11.6 Å². The first-order valence-electron chi connectivity index (χ1n) is 8.10. The molecule has 0 unspecified atom stereocenters. The van der Waals surface area contributed by atoms with Gasteiger partial charge in [-0.25, -0.2) is 0 Å². The van der Waals surface area contributed by atoms with Crippen molar-refractivity contribution in [1.29, 1.82) is 0 Å². The maximum Gasteiger partial charge on any atom is 0.309 e. The normalized spacial score (nSPS) is 26.3. The van der Waals surface area contributed by atoms with Gasteiger partial charge in [0, 0.05) is 17.8 Å². The number of nitrogens with zero attached hydrogens (tertiary/aromatic N) is 1. The number of ether oxygens (including phenoxy) is 1. The highest BCUT2D eigenvalue weighted by molar-refractivity contribution is 6.30. The van der Waals surface area contributed by atoms with Crippen molar-refractivity contribution in [2.45, 2.75) is 64.9 Å². The minimum Gasteiger partial charge on any atom is -0.460 e. The molecule has 0 aromatic carbocycles. The van der Waals surface area contributed by atoms with Crippen LogP contribution in [0.2, 0.25) is 5.02 Å². The first-order chi connectivity index (χ1) is 10.3. The minimum atomic E-state index is -0.411. The maximum atomic E-state index is 12.3. The predicted molar refractivity (Wildman–Crippen MR) is 89.0 cm³/mol. The molecule has 1 heterocycles. The zero-order chi connectivity index (χ0) is 16.3. The van der Waals surface area contributed by atoms with Crippen LogP contribution in [0, 0.1) is 11.8 Å². The number of halogens is 1. The topological polar surface area (TPSA) is 39.2 Å². The second-order valence-corrected chi connectivity index (χ2v) is 7.81. The van der Waals surface area contributed by atoms with Gasteiger partial charge in [-0.2, -0.15) is 0 Å². The number of carbonyl (C=O) groups is 1. The van der Waals surface area contributed by atoms with Crippen molar-refractivity contribution in [3.8, 4) is 0 Å². The molecule has 3 nitrogen and oxygen atoms in total. The Kier molecular flexibility index (Phi) is 5.49. The van der Waals surface area contributed by atoms with Crippen LogP contribution in [0.15, 0.2) is 18.3 Å². The summed E-state index contributed by atoms with van der Waals surface area (Å²) in [5.41, 5.74) is 0.674. The number of hydrogen-bond acceptors (Lipinski definition) is 3. The molecule has 0 spiro atoms. The summed E-state index contributed by atoms with van der Waals surface area (Å²) in [5, 5.41) is 0.664. The quantitative estimate of drug-likeness (QED) is 0.568. The van der Waals surface area contributed by atoms with Crippen molar-refractivity contribution in [1.82, 2.24) is 4.98 Å². The molecule has 0 radical (unpaired) electrons. The number of esters is 1. The molecule has 2 rings (SSSR count). The van der Waals surface area contributed by atoms with Gasteiger partial charge < -0.3 is 4.74 Å². The molecule has 0 saturated heterocycles. The van der Waals surface area contributed by atoms with Crippen molar-refractivity contribution < 1.29 is 9.53 Å². The van der Waals surface area contributed by atoms with E-state index in [9.17, 15) is 4.79 Å². The van der Waals surface area contributed by atoms with Gasteiger partial charge in [0.05, 0.1) is 10.9 Å². The van der Waals surface area contributed by atoms with Crippen molar-refractivity contribution in [3.63, 3.8) is 0 Å². The van der Waals surface area contributed by atoms with Gasteiger partial charge in [0.2, 0.25) is 0 Å². The summed E-state index contributed by atoms with van der Waals surface area (Å²) < 4.78 is 5.55. The summed E-state index contributed by atoms with van der Waals surface area (Å²) in [4.78, 5) is 16.8. The largest absolute Gasteiger partial charge is 0.460 e. The molecule has 1 aliphatic carbocycles. The lowest BCUT2D eigenvalue weighted by molar-refractivity contribution is -0.160. The summed E-state index contributed by atoms with van der Waals surface area (Å²) in [6.07, 6.45) is 5.48. The van der Waals surface area contributed by atoms with Gasteiger partial charge >= 0.3 is 5.97 Å². The molecule has 1 saturated carbocycles. The Morgan fingerprint density at radius 1 is 1.23 bits per heavy atom. The van der Waals surface area contributed by atoms with Crippen molar-refractivity contribution in [2.24, 2.45) is 11.8 Å². The second kappa shape index (κ2) is 6.99. The van der Waals surface area contributed by atoms with Crippen LogP contribution in [0.1, 0.15) is 65.0 Å². The smallest absolute Gasteiger partial charge is 0.309 e. The van der Waals surface area contributed by atoms with E-state index in [0.29, 0.717) is 16.9 Å². The van der Waals surface area contributed by atoms with Crippen LogP contribution in [0.4, 0.5) is 0 Å². The molecule has 1 fully saturated rings. The number of aromatic nitrogens is 1. The molecule has 22 heavy (non-hydrogen) atoms. The Morgan fingerprint density at radius 3 is 2.50 bits per heavy atom. The van der Waals surface area contributed by atoms with Gasteiger partial charge in [-0.15, -0.1) is 0 Å². The highest BCUT2D eigenvalue weighted by Gasteiger charge is 2.32. The van der Waals surface area contributed by atoms with Crippen LogP contribution in [-0.4, -0.2) is 16.6 Å². The monoisotopic (exact) mass is 323 g/mol. The fraction of sp³-hybridized carbons (Fsp3) is 0.667. The van der Waals surface area contributed by atoms with Gasteiger partial charge in [-0.05, 0) is 64.5 Å². The van der Waals surface area contributed by atoms with Crippen molar-refractivity contribution >= 4 is 17.6 Å². The van der Waals surface area contributed by atoms with Gasteiger partial charge in [-0.3, -0.25) is 9.78 Å². The molecule has 0 amide bonds. The standard InChI is InChI=1S/C18H26ClNO2/c1-12-5-6-13(17(21)22-18(2,3)4)7-9-15(12)16-10-8-14(19)11-20-16/h8,10-13,15H,5-7,9H2,1-4H3/t12-,13+,15-/m1/s1. The Bertz CT molecular complexity index is 507. The van der Waals surface area contributed by atoms with Gasteiger partial charge in [-0.1, -0.05) is 18.5 Å². The third-order valence-corrected chi connectivity index (χ3v) is 4.58. The Labute approximate surface area is 138 Å². The van der Waals surface area contributed by atoms with Crippen molar-refractivity contribution in [3.05, 3.63) is 29.0 Å². The Morgan fingerprint density at radius 2 is 1.91 bits per heavy atom. The van der Waals surface area contributed by atoms with Crippen molar-refractivity contribution in [2.75, 3.05) is 0 Å². The lowest BCUT2D eigenvalue weighted by Gasteiger charge is -2.23. The molecule has 0 N–H and O–H groups in total. The number of carbonyl (C=O) groups excluding carboxylic acids is 1. The van der Waals surface area contributed by atoms with Crippen LogP contribution < -0.4 is 0 Å². The van der Waals surface area contributed by atoms with Crippen LogP contribution in [-0.2, 0) is 9.53 Å². The molecular weight excluding hydrogens is 298 g/mol. The molecule has 1 aliphatic rings. The average Bonchev–Trinajstić information content (AvgIpc) is 2.60. The average molecular weight is 324 g/mol. The third-order valence-electron chi connectivity index (χ3n) is 4.35. The maximum absolute atomic E-state index is 12.3. The fourth-order valence-corrected chi connectivity index (χ4v) is 3.25. The lowest BCUT2D eigenvalue weighted by Crippen LogP contribution is -2.28. The van der Waals surface area contributed by atoms with E-state index in [4.69, 9.17) is 16.3 Å². The summed E-state index contributed by atoms with van der Waals surface area (Å²) in [7, 11) is 0. The first kappa shape index (κ1) is 17.3. The molecule has 3 atom stereocenters. The fourth-order valence-electron chi connectivity index (χ4n) is 3.14. The molecule has 0 aliphatic heterocycles. The van der Waals surface area contributed by atoms with Gasteiger partial charge in [0.25, 0.3) is 0 Å².